The van der Waals surface area contributed by atoms with E-state index in [4.69, 9.17) is 4.74 Å². The van der Waals surface area contributed by atoms with Crippen molar-refractivity contribution < 1.29 is 18.7 Å². The molecule has 1 aromatic heterocycles. The number of aromatic nitrogens is 1. The van der Waals surface area contributed by atoms with E-state index in [0.29, 0.717) is 26.3 Å². The van der Waals surface area contributed by atoms with Crippen molar-refractivity contribution in [3.63, 3.8) is 0 Å². The average molecular weight is 361 g/mol. The van der Waals surface area contributed by atoms with Crippen molar-refractivity contribution in [2.45, 2.75) is 44.2 Å². The van der Waals surface area contributed by atoms with E-state index in [2.05, 4.69) is 4.98 Å². The van der Waals surface area contributed by atoms with Crippen LogP contribution in [0.4, 0.5) is 4.39 Å². The van der Waals surface area contributed by atoms with Gasteiger partial charge < -0.3 is 14.5 Å². The molecule has 6 nitrogen and oxygen atoms in total. The van der Waals surface area contributed by atoms with E-state index in [0.717, 1.165) is 38.3 Å². The molecule has 0 bridgehead atoms. The molecule has 1 atom stereocenters. The Kier molecular flexibility index (Phi) is 4.89. The molecule has 2 amide bonds. The Balaban J connectivity index is 1.53. The van der Waals surface area contributed by atoms with Crippen LogP contribution >= 0.6 is 0 Å². The lowest BCUT2D eigenvalue weighted by molar-refractivity contribution is -0.131. The number of nitrogens with zero attached hydrogens (tertiary/aromatic N) is 3. The van der Waals surface area contributed by atoms with Crippen molar-refractivity contribution >= 4 is 11.8 Å². The third-order valence-electron chi connectivity index (χ3n) is 5.56. The van der Waals surface area contributed by atoms with E-state index in [1.165, 1.54) is 12.1 Å². The molecule has 140 valence electrons. The number of carbonyl (C=O) groups is 2. The number of hydrogen-bond acceptors (Lipinski definition) is 4. The first kappa shape index (κ1) is 17.4. The van der Waals surface area contributed by atoms with Gasteiger partial charge in [-0.05, 0) is 44.2 Å². The number of likely N-dealkylation sites (tertiary alicyclic amines) is 1. The van der Waals surface area contributed by atoms with Gasteiger partial charge in [0.2, 0.25) is 5.91 Å². The summed E-state index contributed by atoms with van der Waals surface area (Å²) in [6, 6.07) is 2.76. The van der Waals surface area contributed by atoms with Gasteiger partial charge in [0, 0.05) is 38.3 Å². The molecule has 4 rings (SSSR count). The minimum Gasteiger partial charge on any atom is -0.381 e. The molecule has 0 N–H and O–H groups in total. The van der Waals surface area contributed by atoms with Crippen LogP contribution < -0.4 is 0 Å². The van der Waals surface area contributed by atoms with E-state index >= 15 is 0 Å². The zero-order chi connectivity index (χ0) is 18.1. The summed E-state index contributed by atoms with van der Waals surface area (Å²) < 4.78 is 18.6. The van der Waals surface area contributed by atoms with Gasteiger partial charge in [-0.25, -0.2) is 9.37 Å². The second-order valence-electron chi connectivity index (χ2n) is 7.42. The fourth-order valence-electron chi connectivity index (χ4n) is 3.99. The predicted molar refractivity (Wildman–Crippen MR) is 91.9 cm³/mol. The molecule has 3 heterocycles. The maximum absolute atomic E-state index is 13.2. The number of carbonyl (C=O) groups excluding carboxylic acids is 2. The van der Waals surface area contributed by atoms with Crippen LogP contribution in [0.5, 0.6) is 0 Å². The molecule has 7 heteroatoms. The summed E-state index contributed by atoms with van der Waals surface area (Å²) in [5.74, 6) is -0.213. The SMILES string of the molecule is O=C(C1CC1)N1CCC(N(C(=O)c2ccc(F)cn2)C2CCOCC2)C1. The van der Waals surface area contributed by atoms with Crippen LogP contribution in [0.2, 0.25) is 0 Å². The van der Waals surface area contributed by atoms with Crippen LogP contribution in [-0.4, -0.2) is 65.0 Å². The lowest BCUT2D eigenvalue weighted by Crippen LogP contribution is -2.50. The third-order valence-corrected chi connectivity index (χ3v) is 5.56. The molecule has 1 aliphatic carbocycles. The van der Waals surface area contributed by atoms with Crippen molar-refractivity contribution in [2.24, 2.45) is 5.92 Å². The van der Waals surface area contributed by atoms with Crippen LogP contribution in [0.25, 0.3) is 0 Å². The van der Waals surface area contributed by atoms with Gasteiger partial charge in [-0.1, -0.05) is 0 Å². The summed E-state index contributed by atoms with van der Waals surface area (Å²) in [6.07, 6.45) is 5.39. The Hall–Kier alpha value is -2.02. The van der Waals surface area contributed by atoms with Gasteiger partial charge in [-0.15, -0.1) is 0 Å². The molecule has 0 radical (unpaired) electrons. The van der Waals surface area contributed by atoms with Crippen molar-refractivity contribution in [2.75, 3.05) is 26.3 Å². The number of halogens is 1. The van der Waals surface area contributed by atoms with Crippen LogP contribution in [0.1, 0.15) is 42.6 Å². The highest BCUT2D eigenvalue weighted by atomic mass is 19.1. The second kappa shape index (κ2) is 7.31. The zero-order valence-corrected chi connectivity index (χ0v) is 14.8. The number of hydrogen-bond donors (Lipinski definition) is 0. The van der Waals surface area contributed by atoms with Crippen LogP contribution in [-0.2, 0) is 9.53 Å². The van der Waals surface area contributed by atoms with Gasteiger partial charge in [0.1, 0.15) is 11.5 Å². The summed E-state index contributed by atoms with van der Waals surface area (Å²) in [5, 5.41) is 0. The van der Waals surface area contributed by atoms with Gasteiger partial charge in [0.15, 0.2) is 0 Å². The minimum absolute atomic E-state index is 0.0137. The molecule has 0 aromatic carbocycles. The molecular weight excluding hydrogens is 337 g/mol. The topological polar surface area (TPSA) is 62.7 Å². The molecule has 3 fully saturated rings. The quantitative estimate of drug-likeness (QED) is 0.821. The predicted octanol–water partition coefficient (Wildman–Crippen LogP) is 1.85. The maximum Gasteiger partial charge on any atom is 0.273 e. The second-order valence-corrected chi connectivity index (χ2v) is 7.42. The van der Waals surface area contributed by atoms with E-state index in [9.17, 15) is 14.0 Å². The highest BCUT2D eigenvalue weighted by molar-refractivity contribution is 5.93. The summed E-state index contributed by atoms with van der Waals surface area (Å²) >= 11 is 0. The fraction of sp³-hybridized carbons (Fsp3) is 0.632. The molecule has 3 aliphatic rings. The molecule has 1 saturated carbocycles. The number of amides is 2. The zero-order valence-electron chi connectivity index (χ0n) is 14.8. The maximum atomic E-state index is 13.2. The van der Waals surface area contributed by atoms with Crippen molar-refractivity contribution in [1.29, 1.82) is 0 Å². The Morgan fingerprint density at radius 1 is 1.12 bits per heavy atom. The van der Waals surface area contributed by atoms with E-state index in [1.54, 1.807) is 0 Å². The summed E-state index contributed by atoms with van der Waals surface area (Å²) in [7, 11) is 0. The normalized spacial score (nSPS) is 23.9. The number of rotatable bonds is 4. The standard InChI is InChI=1S/C19H24FN3O3/c20-14-3-4-17(21-11-14)19(25)23(15-6-9-26-10-7-15)16-5-8-22(12-16)18(24)13-1-2-13/h3-4,11,13,15-16H,1-2,5-10,12H2. The van der Waals surface area contributed by atoms with Gasteiger partial charge in [0.25, 0.3) is 5.91 Å². The van der Waals surface area contributed by atoms with Crippen molar-refractivity contribution in [1.82, 2.24) is 14.8 Å². The van der Waals surface area contributed by atoms with Gasteiger partial charge in [-0.2, -0.15) is 0 Å². The monoisotopic (exact) mass is 361 g/mol. The fourth-order valence-corrected chi connectivity index (χ4v) is 3.99. The first-order chi connectivity index (χ1) is 12.6. The lowest BCUT2D eigenvalue weighted by atomic mass is 10.0. The van der Waals surface area contributed by atoms with Crippen molar-refractivity contribution in [3.8, 4) is 0 Å². The Labute approximate surface area is 152 Å². The highest BCUT2D eigenvalue weighted by Crippen LogP contribution is 2.33. The Morgan fingerprint density at radius 3 is 2.54 bits per heavy atom. The molecule has 0 spiro atoms. The molecule has 2 aliphatic heterocycles. The van der Waals surface area contributed by atoms with Crippen LogP contribution in [0.15, 0.2) is 18.3 Å². The number of ether oxygens (including phenoxy) is 1. The molecular formula is C19H24FN3O3. The summed E-state index contributed by atoms with van der Waals surface area (Å²) in [4.78, 5) is 33.3. The summed E-state index contributed by atoms with van der Waals surface area (Å²) in [6.45, 7) is 2.54. The molecule has 2 saturated heterocycles. The molecule has 1 aromatic rings. The third kappa shape index (κ3) is 3.58. The van der Waals surface area contributed by atoms with Crippen molar-refractivity contribution in [3.05, 3.63) is 29.8 Å². The van der Waals surface area contributed by atoms with Crippen LogP contribution in [0, 0.1) is 11.7 Å². The number of pyridine rings is 1. The highest BCUT2D eigenvalue weighted by Gasteiger charge is 2.41. The smallest absolute Gasteiger partial charge is 0.273 e. The lowest BCUT2D eigenvalue weighted by Gasteiger charge is -2.38. The minimum atomic E-state index is -0.457. The largest absolute Gasteiger partial charge is 0.381 e. The molecule has 1 unspecified atom stereocenters. The Morgan fingerprint density at radius 2 is 1.88 bits per heavy atom. The average Bonchev–Trinajstić information content (AvgIpc) is 3.41. The first-order valence-corrected chi connectivity index (χ1v) is 9.44. The van der Waals surface area contributed by atoms with E-state index in [1.807, 2.05) is 9.80 Å². The Bertz CT molecular complexity index is 671. The van der Waals surface area contributed by atoms with Gasteiger partial charge >= 0.3 is 0 Å². The van der Waals surface area contributed by atoms with Crippen LogP contribution in [0.3, 0.4) is 0 Å². The van der Waals surface area contributed by atoms with E-state index < -0.39 is 5.82 Å². The summed E-state index contributed by atoms with van der Waals surface area (Å²) in [5.41, 5.74) is 0.255. The van der Waals surface area contributed by atoms with E-state index in [-0.39, 0.29) is 35.5 Å². The van der Waals surface area contributed by atoms with Gasteiger partial charge in [-0.3, -0.25) is 9.59 Å². The molecule has 26 heavy (non-hydrogen) atoms. The first-order valence-electron chi connectivity index (χ1n) is 9.44. The van der Waals surface area contributed by atoms with Gasteiger partial charge in [0.05, 0.1) is 12.2 Å².